The second kappa shape index (κ2) is 4.55. The van der Waals surface area contributed by atoms with Gasteiger partial charge in [0.05, 0.1) is 0 Å². The van der Waals surface area contributed by atoms with Gasteiger partial charge in [-0.25, -0.2) is 0 Å². The van der Waals surface area contributed by atoms with Gasteiger partial charge in [-0.05, 0) is 28.5 Å². The van der Waals surface area contributed by atoms with Crippen molar-refractivity contribution in [1.82, 2.24) is 0 Å². The maximum atomic E-state index is 4.32. The van der Waals surface area contributed by atoms with Crippen molar-refractivity contribution in [3.63, 3.8) is 0 Å². The molecular weight excluding hydrogens is 244 g/mol. The average molecular weight is 256 g/mol. The Labute approximate surface area is 110 Å². The summed E-state index contributed by atoms with van der Waals surface area (Å²) in [7, 11) is 0. The Kier molecular flexibility index (Phi) is 2.91. The van der Waals surface area contributed by atoms with Crippen molar-refractivity contribution in [2.75, 3.05) is 0 Å². The third kappa shape index (κ3) is 1.99. The van der Waals surface area contributed by atoms with Gasteiger partial charge in [-0.1, -0.05) is 42.5 Å². The summed E-state index contributed by atoms with van der Waals surface area (Å²) in [5, 5.41) is 2.62. The molecule has 0 radical (unpaired) electrons. The van der Waals surface area contributed by atoms with Crippen LogP contribution in [0.1, 0.15) is 4.88 Å². The Morgan fingerprint density at radius 1 is 0.882 bits per heavy atom. The Bertz CT molecular complexity index is 647. The van der Waals surface area contributed by atoms with Crippen molar-refractivity contribution in [3.8, 4) is 10.4 Å². The number of rotatable bonds is 2. The van der Waals surface area contributed by atoms with Crippen LogP contribution >= 0.6 is 24.0 Å². The van der Waals surface area contributed by atoms with Gasteiger partial charge in [0.25, 0.3) is 0 Å². The van der Waals surface area contributed by atoms with Gasteiger partial charge in [0.15, 0.2) is 0 Å². The lowest BCUT2D eigenvalue weighted by atomic mass is 10.0. The average Bonchev–Trinajstić information content (AvgIpc) is 2.87. The molecule has 0 aliphatic heterocycles. The van der Waals surface area contributed by atoms with E-state index in [9.17, 15) is 0 Å². The summed E-state index contributed by atoms with van der Waals surface area (Å²) in [4.78, 5) is 2.64. The highest BCUT2D eigenvalue weighted by atomic mass is 32.1. The molecule has 0 N–H and O–H groups in total. The first kappa shape index (κ1) is 10.9. The minimum atomic E-state index is 0.815. The van der Waals surface area contributed by atoms with Crippen molar-refractivity contribution in [3.05, 3.63) is 59.5 Å². The molecule has 3 aromatic rings. The van der Waals surface area contributed by atoms with Crippen molar-refractivity contribution in [2.45, 2.75) is 5.75 Å². The van der Waals surface area contributed by atoms with Crippen LogP contribution in [0.4, 0.5) is 0 Å². The van der Waals surface area contributed by atoms with E-state index in [4.69, 9.17) is 0 Å². The van der Waals surface area contributed by atoms with E-state index in [0.717, 1.165) is 5.75 Å². The Morgan fingerprint density at radius 2 is 1.71 bits per heavy atom. The molecule has 1 heterocycles. The monoisotopic (exact) mass is 256 g/mol. The minimum Gasteiger partial charge on any atom is -0.174 e. The fraction of sp³-hybridized carbons (Fsp3) is 0.0667. The smallest absolute Gasteiger partial charge is 0.0352 e. The summed E-state index contributed by atoms with van der Waals surface area (Å²) in [6.45, 7) is 0. The molecule has 0 spiro atoms. The zero-order valence-corrected chi connectivity index (χ0v) is 11.0. The Morgan fingerprint density at radius 3 is 2.53 bits per heavy atom. The normalized spacial score (nSPS) is 10.9. The van der Waals surface area contributed by atoms with Crippen molar-refractivity contribution >= 4 is 34.7 Å². The van der Waals surface area contributed by atoms with E-state index in [2.05, 4.69) is 67.2 Å². The predicted molar refractivity (Wildman–Crippen MR) is 80.0 cm³/mol. The van der Waals surface area contributed by atoms with Gasteiger partial charge >= 0.3 is 0 Å². The van der Waals surface area contributed by atoms with E-state index in [-0.39, 0.29) is 0 Å². The maximum absolute atomic E-state index is 4.32. The highest BCUT2D eigenvalue weighted by molar-refractivity contribution is 7.79. The fourth-order valence-electron chi connectivity index (χ4n) is 2.05. The van der Waals surface area contributed by atoms with E-state index in [1.807, 2.05) is 11.3 Å². The Hall–Kier alpha value is -1.25. The Balaban J connectivity index is 2.23. The second-order valence-electron chi connectivity index (χ2n) is 3.95. The lowest BCUT2D eigenvalue weighted by molar-refractivity contribution is 1.57. The lowest BCUT2D eigenvalue weighted by Crippen LogP contribution is -1.76. The standard InChI is InChI=1S/C15H12S2/c16-10-12-8-9-15(17-12)14-7-3-5-11-4-1-2-6-13(11)14/h1-9,16H,10H2. The SMILES string of the molecule is SCc1ccc(-c2cccc3ccccc23)s1. The second-order valence-corrected chi connectivity index (χ2v) is 5.44. The molecular formula is C15H12S2. The number of fused-ring (bicyclic) bond motifs is 1. The van der Waals surface area contributed by atoms with Gasteiger partial charge in [-0.15, -0.1) is 11.3 Å². The molecule has 0 unspecified atom stereocenters. The van der Waals surface area contributed by atoms with Gasteiger partial charge in [-0.2, -0.15) is 12.6 Å². The number of hydrogen-bond acceptors (Lipinski definition) is 2. The van der Waals surface area contributed by atoms with Gasteiger partial charge in [0, 0.05) is 15.5 Å². The van der Waals surface area contributed by atoms with Gasteiger partial charge in [0.1, 0.15) is 0 Å². The molecule has 2 heteroatoms. The van der Waals surface area contributed by atoms with Crippen molar-refractivity contribution in [2.24, 2.45) is 0 Å². The molecule has 17 heavy (non-hydrogen) atoms. The maximum Gasteiger partial charge on any atom is 0.0352 e. The van der Waals surface area contributed by atoms with Gasteiger partial charge < -0.3 is 0 Å². The van der Waals surface area contributed by atoms with E-state index >= 15 is 0 Å². The number of benzene rings is 2. The lowest BCUT2D eigenvalue weighted by Gasteiger charge is -2.03. The zero-order chi connectivity index (χ0) is 11.7. The van der Waals surface area contributed by atoms with E-state index in [0.29, 0.717) is 0 Å². The first-order chi connectivity index (χ1) is 8.38. The van der Waals surface area contributed by atoms with Crippen LogP contribution in [-0.2, 0) is 5.75 Å². The molecule has 84 valence electrons. The molecule has 0 nitrogen and oxygen atoms in total. The topological polar surface area (TPSA) is 0 Å². The zero-order valence-electron chi connectivity index (χ0n) is 9.26. The van der Waals surface area contributed by atoms with Crippen LogP contribution in [-0.4, -0.2) is 0 Å². The minimum absolute atomic E-state index is 0.815. The summed E-state index contributed by atoms with van der Waals surface area (Å²) in [5.74, 6) is 0.815. The molecule has 0 amide bonds. The molecule has 0 fully saturated rings. The van der Waals surface area contributed by atoms with Crippen molar-refractivity contribution < 1.29 is 0 Å². The third-order valence-corrected chi connectivity index (χ3v) is 4.55. The van der Waals surface area contributed by atoms with Crippen molar-refractivity contribution in [1.29, 1.82) is 0 Å². The molecule has 3 rings (SSSR count). The molecule has 0 saturated heterocycles. The van der Waals surface area contributed by atoms with Gasteiger partial charge in [0.2, 0.25) is 0 Å². The quantitative estimate of drug-likeness (QED) is 0.613. The number of hydrogen-bond donors (Lipinski definition) is 1. The summed E-state index contributed by atoms with van der Waals surface area (Å²) in [5.41, 5.74) is 1.32. The fourth-order valence-corrected chi connectivity index (χ4v) is 3.25. The molecule has 1 aromatic heterocycles. The largest absolute Gasteiger partial charge is 0.174 e. The van der Waals surface area contributed by atoms with E-state index in [1.165, 1.54) is 26.1 Å². The molecule has 0 atom stereocenters. The summed E-state index contributed by atoms with van der Waals surface area (Å²) in [6, 6.07) is 19.3. The van der Waals surface area contributed by atoms with Crippen LogP contribution in [0.3, 0.4) is 0 Å². The number of thiol groups is 1. The molecule has 0 aliphatic rings. The van der Waals surface area contributed by atoms with Crippen LogP contribution in [0.15, 0.2) is 54.6 Å². The highest BCUT2D eigenvalue weighted by Gasteiger charge is 2.05. The third-order valence-electron chi connectivity index (χ3n) is 2.87. The van der Waals surface area contributed by atoms with E-state index in [1.54, 1.807) is 0 Å². The predicted octanol–water partition coefficient (Wildman–Crippen LogP) is 5.00. The van der Waals surface area contributed by atoms with Crippen LogP contribution in [0.5, 0.6) is 0 Å². The molecule has 2 aromatic carbocycles. The van der Waals surface area contributed by atoms with E-state index < -0.39 is 0 Å². The molecule has 0 bridgehead atoms. The molecule has 0 saturated carbocycles. The van der Waals surface area contributed by atoms with Crippen LogP contribution in [0.2, 0.25) is 0 Å². The summed E-state index contributed by atoms with van der Waals surface area (Å²) >= 11 is 6.14. The van der Waals surface area contributed by atoms with Crippen LogP contribution in [0, 0.1) is 0 Å². The highest BCUT2D eigenvalue weighted by Crippen LogP contribution is 2.33. The summed E-state index contributed by atoms with van der Waals surface area (Å²) < 4.78 is 0. The first-order valence-corrected chi connectivity index (χ1v) is 7.01. The molecule has 0 aliphatic carbocycles. The number of thiophene rings is 1. The van der Waals surface area contributed by atoms with Gasteiger partial charge in [-0.3, -0.25) is 0 Å². The van der Waals surface area contributed by atoms with Crippen LogP contribution in [0.25, 0.3) is 21.2 Å². The first-order valence-electron chi connectivity index (χ1n) is 5.56. The summed E-state index contributed by atoms with van der Waals surface area (Å²) in [6.07, 6.45) is 0. The van der Waals surface area contributed by atoms with Crippen LogP contribution < -0.4 is 0 Å².